The first-order chi connectivity index (χ1) is 9.43. The van der Waals surface area contributed by atoms with Gasteiger partial charge in [0, 0.05) is 25.3 Å². The van der Waals surface area contributed by atoms with Gasteiger partial charge in [0.2, 0.25) is 0 Å². The first-order valence-electron chi connectivity index (χ1n) is 6.46. The maximum absolute atomic E-state index is 12.3. The van der Waals surface area contributed by atoms with E-state index in [1.807, 2.05) is 14.0 Å². The molecule has 2 aromatic heterocycles. The van der Waals surface area contributed by atoms with E-state index in [0.717, 1.165) is 0 Å². The van der Waals surface area contributed by atoms with E-state index >= 15 is 0 Å². The van der Waals surface area contributed by atoms with Crippen LogP contribution in [0.25, 0.3) is 11.0 Å². The molecule has 0 aliphatic rings. The highest BCUT2D eigenvalue weighted by atomic mass is 16.2. The van der Waals surface area contributed by atoms with Crippen molar-refractivity contribution in [1.82, 2.24) is 25.4 Å². The number of aromatic amines is 1. The Morgan fingerprint density at radius 2 is 2.25 bits per heavy atom. The number of carbonyl (C=O) groups excluding carboxylic acids is 1. The molecule has 2 rings (SSSR count). The van der Waals surface area contributed by atoms with E-state index < -0.39 is 0 Å². The molecule has 7 nitrogen and oxygen atoms in total. The quantitative estimate of drug-likeness (QED) is 0.728. The zero-order chi connectivity index (χ0) is 14.9. The fourth-order valence-electron chi connectivity index (χ4n) is 2.01. The molecule has 1 unspecified atom stereocenters. The molecule has 0 aliphatic heterocycles. The van der Waals surface area contributed by atoms with Gasteiger partial charge in [-0.15, -0.1) is 0 Å². The Bertz CT molecular complexity index is 701. The minimum atomic E-state index is -0.304. The molecule has 108 valence electrons. The van der Waals surface area contributed by atoms with E-state index in [2.05, 4.69) is 20.7 Å². The smallest absolute Gasteiger partial charge is 0.274 e. The molecular weight excluding hydrogens is 258 g/mol. The van der Waals surface area contributed by atoms with Gasteiger partial charge in [-0.3, -0.25) is 19.4 Å². The van der Waals surface area contributed by atoms with Crippen LogP contribution in [-0.2, 0) is 7.05 Å². The van der Waals surface area contributed by atoms with Gasteiger partial charge in [0.1, 0.15) is 0 Å². The topological polar surface area (TPSA) is 91.8 Å². The van der Waals surface area contributed by atoms with Crippen LogP contribution in [0, 0.1) is 6.92 Å². The summed E-state index contributed by atoms with van der Waals surface area (Å²) in [5.41, 5.74) is 1.24. The molecule has 0 saturated carbocycles. The number of carbonyl (C=O) groups is 1. The molecular formula is C13H19N5O2. The van der Waals surface area contributed by atoms with Gasteiger partial charge in [-0.25, -0.2) is 4.98 Å². The number of aromatic nitrogens is 3. The van der Waals surface area contributed by atoms with Crippen LogP contribution in [0.2, 0.25) is 0 Å². The predicted octanol–water partition coefficient (Wildman–Crippen LogP) is -0.0923. The van der Waals surface area contributed by atoms with Gasteiger partial charge in [-0.2, -0.15) is 0 Å². The van der Waals surface area contributed by atoms with Crippen LogP contribution in [0.4, 0.5) is 0 Å². The van der Waals surface area contributed by atoms with Crippen molar-refractivity contribution >= 4 is 16.9 Å². The molecule has 0 radical (unpaired) electrons. The van der Waals surface area contributed by atoms with E-state index in [1.165, 1.54) is 4.68 Å². The maximum Gasteiger partial charge on any atom is 0.274 e. The lowest BCUT2D eigenvalue weighted by molar-refractivity contribution is 0.0952. The molecule has 0 aliphatic carbocycles. The van der Waals surface area contributed by atoms with Crippen molar-refractivity contribution in [3.63, 3.8) is 0 Å². The molecule has 1 amide bonds. The summed E-state index contributed by atoms with van der Waals surface area (Å²) in [4.78, 5) is 28.5. The summed E-state index contributed by atoms with van der Waals surface area (Å²) in [5.74, 6) is -0.265. The lowest BCUT2D eigenvalue weighted by Gasteiger charge is -2.12. The van der Waals surface area contributed by atoms with Crippen molar-refractivity contribution in [2.45, 2.75) is 19.9 Å². The Hall–Kier alpha value is -2.15. The Kier molecular flexibility index (Phi) is 3.89. The van der Waals surface area contributed by atoms with Crippen LogP contribution in [0.1, 0.15) is 23.0 Å². The van der Waals surface area contributed by atoms with E-state index in [0.29, 0.717) is 28.8 Å². The van der Waals surface area contributed by atoms with Crippen molar-refractivity contribution in [1.29, 1.82) is 0 Å². The van der Waals surface area contributed by atoms with E-state index in [-0.39, 0.29) is 17.5 Å². The van der Waals surface area contributed by atoms with Crippen molar-refractivity contribution < 1.29 is 4.79 Å². The molecule has 0 aromatic carbocycles. The predicted molar refractivity (Wildman–Crippen MR) is 76.9 cm³/mol. The summed E-state index contributed by atoms with van der Waals surface area (Å²) >= 11 is 0. The molecule has 0 bridgehead atoms. The van der Waals surface area contributed by atoms with E-state index in [1.54, 1.807) is 20.0 Å². The van der Waals surface area contributed by atoms with Gasteiger partial charge in [0.05, 0.1) is 10.9 Å². The highest BCUT2D eigenvalue weighted by Crippen LogP contribution is 2.14. The zero-order valence-electron chi connectivity index (χ0n) is 12.1. The van der Waals surface area contributed by atoms with Gasteiger partial charge < -0.3 is 10.6 Å². The fraction of sp³-hybridized carbons (Fsp3) is 0.462. The number of amides is 1. The molecule has 3 N–H and O–H groups in total. The molecule has 2 heterocycles. The highest BCUT2D eigenvalue weighted by molar-refractivity contribution is 6.05. The molecule has 0 fully saturated rings. The van der Waals surface area contributed by atoms with Gasteiger partial charge in [0.25, 0.3) is 11.5 Å². The number of aryl methyl sites for hydroxylation is 2. The Balaban J connectivity index is 2.43. The molecule has 1 atom stereocenters. The lowest BCUT2D eigenvalue weighted by atomic mass is 10.1. The third kappa shape index (κ3) is 2.57. The number of fused-ring (bicyclic) bond motifs is 1. The lowest BCUT2D eigenvalue weighted by Crippen LogP contribution is -2.37. The number of rotatable bonds is 4. The van der Waals surface area contributed by atoms with Crippen molar-refractivity contribution in [3.8, 4) is 0 Å². The van der Waals surface area contributed by atoms with Crippen LogP contribution in [0.5, 0.6) is 0 Å². The Morgan fingerprint density at radius 1 is 1.55 bits per heavy atom. The summed E-state index contributed by atoms with van der Waals surface area (Å²) < 4.78 is 1.53. The maximum atomic E-state index is 12.3. The summed E-state index contributed by atoms with van der Waals surface area (Å²) in [5, 5.41) is 8.80. The van der Waals surface area contributed by atoms with Crippen LogP contribution in [0.3, 0.4) is 0 Å². The van der Waals surface area contributed by atoms with Crippen molar-refractivity contribution in [3.05, 3.63) is 27.7 Å². The van der Waals surface area contributed by atoms with Crippen LogP contribution < -0.4 is 16.2 Å². The summed E-state index contributed by atoms with van der Waals surface area (Å²) in [6.07, 6.45) is 0. The zero-order valence-corrected chi connectivity index (χ0v) is 12.1. The van der Waals surface area contributed by atoms with E-state index in [9.17, 15) is 9.59 Å². The molecule has 7 heteroatoms. The molecule has 0 spiro atoms. The average Bonchev–Trinajstić information content (AvgIpc) is 2.69. The second-order valence-electron chi connectivity index (χ2n) is 4.91. The number of pyridine rings is 1. The average molecular weight is 277 g/mol. The summed E-state index contributed by atoms with van der Waals surface area (Å²) in [6.45, 7) is 4.25. The van der Waals surface area contributed by atoms with Crippen molar-refractivity contribution in [2.24, 2.45) is 7.05 Å². The summed E-state index contributed by atoms with van der Waals surface area (Å²) in [7, 11) is 3.52. The number of hydrogen-bond acceptors (Lipinski definition) is 4. The van der Waals surface area contributed by atoms with Crippen LogP contribution in [-0.4, -0.2) is 40.3 Å². The SMILES string of the molecule is CNC(C)CNC(=O)c1cc(C)nc2c1c(=O)[nH]n2C. The number of H-pyrrole nitrogens is 1. The van der Waals surface area contributed by atoms with Gasteiger partial charge in [-0.05, 0) is 27.0 Å². The fourth-order valence-corrected chi connectivity index (χ4v) is 2.01. The van der Waals surface area contributed by atoms with Crippen molar-refractivity contribution in [2.75, 3.05) is 13.6 Å². The second kappa shape index (κ2) is 5.46. The Labute approximate surface area is 116 Å². The largest absolute Gasteiger partial charge is 0.350 e. The third-order valence-corrected chi connectivity index (χ3v) is 3.25. The Morgan fingerprint density at radius 3 is 2.90 bits per heavy atom. The van der Waals surface area contributed by atoms with Crippen LogP contribution >= 0.6 is 0 Å². The summed E-state index contributed by atoms with van der Waals surface area (Å²) in [6, 6.07) is 1.79. The standard InChI is InChI=1S/C13H19N5O2/c1-7-5-9(12(19)15-6-8(2)14-3)10-11(16-7)18(4)17-13(10)20/h5,8,14H,6H2,1-4H3,(H,15,19)(H,17,20). The number of hydrogen-bond donors (Lipinski definition) is 3. The minimum Gasteiger partial charge on any atom is -0.350 e. The first kappa shape index (κ1) is 14.3. The van der Waals surface area contributed by atoms with Gasteiger partial charge in [0.15, 0.2) is 5.65 Å². The number of nitrogens with one attached hydrogen (secondary N) is 3. The minimum absolute atomic E-state index is 0.159. The molecule has 20 heavy (non-hydrogen) atoms. The molecule has 2 aromatic rings. The number of likely N-dealkylation sites (N-methyl/N-ethyl adjacent to an activating group) is 1. The van der Waals surface area contributed by atoms with Gasteiger partial charge in [-0.1, -0.05) is 0 Å². The number of nitrogens with zero attached hydrogens (tertiary/aromatic N) is 2. The first-order valence-corrected chi connectivity index (χ1v) is 6.46. The third-order valence-electron chi connectivity index (χ3n) is 3.25. The normalized spacial score (nSPS) is 12.6. The van der Waals surface area contributed by atoms with Crippen LogP contribution in [0.15, 0.2) is 10.9 Å². The second-order valence-corrected chi connectivity index (χ2v) is 4.91. The molecule has 0 saturated heterocycles. The van der Waals surface area contributed by atoms with Gasteiger partial charge >= 0.3 is 0 Å². The highest BCUT2D eigenvalue weighted by Gasteiger charge is 2.17. The van der Waals surface area contributed by atoms with E-state index in [4.69, 9.17) is 0 Å². The monoisotopic (exact) mass is 277 g/mol.